The molecular formula is C8H8Cl2O2. The molecule has 0 saturated carbocycles. The van der Waals surface area contributed by atoms with E-state index in [-0.39, 0.29) is 28.7 Å². The van der Waals surface area contributed by atoms with Gasteiger partial charge in [0, 0.05) is 6.42 Å². The van der Waals surface area contributed by atoms with Gasteiger partial charge in [0.25, 0.3) is 0 Å². The second-order valence-electron chi connectivity index (χ2n) is 2.75. The fourth-order valence-electron chi connectivity index (χ4n) is 1.15. The Morgan fingerprint density at radius 3 is 2.58 bits per heavy atom. The van der Waals surface area contributed by atoms with Crippen molar-refractivity contribution in [1.29, 1.82) is 0 Å². The lowest BCUT2D eigenvalue weighted by atomic mass is 9.99. The molecule has 0 aromatic carbocycles. The minimum atomic E-state index is -1.31. The standard InChI is InChI=1S/C8H8Cl2O2/c1-2-3-8(12)4-5(11)6(9)7(8)10/h2,12H,1,3-4H2/t8-/m0/s1. The first-order valence-corrected chi connectivity index (χ1v) is 4.19. The monoisotopic (exact) mass is 206 g/mol. The van der Waals surface area contributed by atoms with E-state index in [1.807, 2.05) is 0 Å². The van der Waals surface area contributed by atoms with Crippen LogP contribution in [0.2, 0.25) is 0 Å². The molecule has 4 heteroatoms. The molecule has 1 aliphatic rings. The molecule has 0 aliphatic heterocycles. The van der Waals surface area contributed by atoms with E-state index in [1.54, 1.807) is 0 Å². The second kappa shape index (κ2) is 3.21. The molecule has 12 heavy (non-hydrogen) atoms. The van der Waals surface area contributed by atoms with Crippen molar-refractivity contribution in [3.63, 3.8) is 0 Å². The summed E-state index contributed by atoms with van der Waals surface area (Å²) in [5, 5.41) is 9.72. The van der Waals surface area contributed by atoms with Crippen LogP contribution in [0, 0.1) is 0 Å². The lowest BCUT2D eigenvalue weighted by Gasteiger charge is -2.19. The summed E-state index contributed by atoms with van der Waals surface area (Å²) in [6, 6.07) is 0. The lowest BCUT2D eigenvalue weighted by Crippen LogP contribution is -2.26. The van der Waals surface area contributed by atoms with Gasteiger partial charge in [-0.15, -0.1) is 6.58 Å². The Hall–Kier alpha value is -0.310. The van der Waals surface area contributed by atoms with E-state index in [9.17, 15) is 9.90 Å². The summed E-state index contributed by atoms with van der Waals surface area (Å²) in [4.78, 5) is 11.0. The van der Waals surface area contributed by atoms with Gasteiger partial charge in [-0.25, -0.2) is 0 Å². The van der Waals surface area contributed by atoms with Gasteiger partial charge in [-0.2, -0.15) is 0 Å². The molecule has 0 fully saturated rings. The Bertz CT molecular complexity index is 270. The minimum Gasteiger partial charge on any atom is -0.383 e. The zero-order valence-corrected chi connectivity index (χ0v) is 7.82. The van der Waals surface area contributed by atoms with E-state index in [0.717, 1.165) is 0 Å². The van der Waals surface area contributed by atoms with Gasteiger partial charge in [0.1, 0.15) is 10.6 Å². The van der Waals surface area contributed by atoms with Crippen LogP contribution in [0.3, 0.4) is 0 Å². The first-order chi connectivity index (χ1) is 5.51. The zero-order chi connectivity index (χ0) is 9.35. The normalized spacial score (nSPS) is 29.8. The van der Waals surface area contributed by atoms with Gasteiger partial charge < -0.3 is 5.11 Å². The predicted octanol–water partition coefficient (Wildman–Crippen LogP) is 1.96. The van der Waals surface area contributed by atoms with Crippen LogP contribution in [-0.2, 0) is 4.79 Å². The van der Waals surface area contributed by atoms with Gasteiger partial charge >= 0.3 is 0 Å². The summed E-state index contributed by atoms with van der Waals surface area (Å²) in [6.45, 7) is 3.46. The van der Waals surface area contributed by atoms with Crippen molar-refractivity contribution < 1.29 is 9.90 Å². The van der Waals surface area contributed by atoms with E-state index >= 15 is 0 Å². The topological polar surface area (TPSA) is 37.3 Å². The van der Waals surface area contributed by atoms with Gasteiger partial charge in [0.15, 0.2) is 5.78 Å². The fourth-order valence-corrected chi connectivity index (χ4v) is 1.64. The highest BCUT2D eigenvalue weighted by Crippen LogP contribution is 2.40. The molecule has 0 amide bonds. The molecule has 0 bridgehead atoms. The molecule has 0 heterocycles. The first kappa shape index (κ1) is 9.78. The van der Waals surface area contributed by atoms with Gasteiger partial charge in [-0.1, -0.05) is 29.3 Å². The molecule has 0 radical (unpaired) electrons. The van der Waals surface area contributed by atoms with Crippen LogP contribution in [0.1, 0.15) is 12.8 Å². The molecule has 0 saturated heterocycles. The summed E-state index contributed by atoms with van der Waals surface area (Å²) in [5.41, 5.74) is -1.31. The molecule has 2 nitrogen and oxygen atoms in total. The highest BCUT2D eigenvalue weighted by molar-refractivity contribution is 6.50. The molecule has 66 valence electrons. The first-order valence-electron chi connectivity index (χ1n) is 3.43. The molecule has 1 N–H and O–H groups in total. The number of allylic oxidation sites excluding steroid dienone is 1. The van der Waals surface area contributed by atoms with Crippen molar-refractivity contribution >= 4 is 29.0 Å². The molecule has 0 aromatic heterocycles. The zero-order valence-electron chi connectivity index (χ0n) is 6.31. The summed E-state index contributed by atoms with van der Waals surface area (Å²) < 4.78 is 0. The average molecular weight is 207 g/mol. The van der Waals surface area contributed by atoms with Crippen molar-refractivity contribution in [2.45, 2.75) is 18.4 Å². The van der Waals surface area contributed by atoms with E-state index in [0.29, 0.717) is 0 Å². The van der Waals surface area contributed by atoms with E-state index in [2.05, 4.69) is 6.58 Å². The average Bonchev–Trinajstić information content (AvgIpc) is 2.17. The van der Waals surface area contributed by atoms with Crippen molar-refractivity contribution in [3.8, 4) is 0 Å². The van der Waals surface area contributed by atoms with Gasteiger partial charge in [0.2, 0.25) is 0 Å². The van der Waals surface area contributed by atoms with Crippen LogP contribution in [0.4, 0.5) is 0 Å². The second-order valence-corrected chi connectivity index (χ2v) is 3.51. The molecule has 1 atom stereocenters. The molecule has 1 rings (SSSR count). The lowest BCUT2D eigenvalue weighted by molar-refractivity contribution is -0.116. The van der Waals surface area contributed by atoms with Crippen LogP contribution in [0.15, 0.2) is 22.7 Å². The number of hydrogen-bond donors (Lipinski definition) is 1. The number of carbonyl (C=O) groups is 1. The number of ketones is 1. The Morgan fingerprint density at radius 2 is 2.25 bits per heavy atom. The maximum Gasteiger partial charge on any atom is 0.178 e. The quantitative estimate of drug-likeness (QED) is 0.702. The van der Waals surface area contributed by atoms with Crippen LogP contribution >= 0.6 is 23.2 Å². The largest absolute Gasteiger partial charge is 0.383 e. The summed E-state index contributed by atoms with van der Waals surface area (Å²) in [5.74, 6) is -0.314. The number of carbonyl (C=O) groups excluding carboxylic acids is 1. The third kappa shape index (κ3) is 1.42. The highest BCUT2D eigenvalue weighted by atomic mass is 35.5. The van der Waals surface area contributed by atoms with Crippen LogP contribution in [0.5, 0.6) is 0 Å². The van der Waals surface area contributed by atoms with Crippen molar-refractivity contribution in [2.75, 3.05) is 0 Å². The number of halogens is 2. The molecule has 0 spiro atoms. The predicted molar refractivity (Wildman–Crippen MR) is 48.1 cm³/mol. The van der Waals surface area contributed by atoms with E-state index < -0.39 is 5.60 Å². The maximum absolute atomic E-state index is 11.0. The third-order valence-corrected chi connectivity index (χ3v) is 2.82. The third-order valence-electron chi connectivity index (χ3n) is 1.78. The summed E-state index contributed by atoms with van der Waals surface area (Å²) in [6.07, 6.45) is 1.70. The van der Waals surface area contributed by atoms with Gasteiger partial charge in [-0.05, 0) is 6.42 Å². The number of Topliss-reactive ketones (excluding diaryl/α,β-unsaturated/α-hetero) is 1. The van der Waals surface area contributed by atoms with Gasteiger partial charge in [-0.3, -0.25) is 4.79 Å². The molecule has 1 aliphatic carbocycles. The van der Waals surface area contributed by atoms with Crippen LogP contribution < -0.4 is 0 Å². The molecule has 0 unspecified atom stereocenters. The Balaban J connectivity index is 2.99. The number of hydrogen-bond acceptors (Lipinski definition) is 2. The van der Waals surface area contributed by atoms with Gasteiger partial charge in [0.05, 0.1) is 5.03 Å². The van der Waals surface area contributed by atoms with Crippen molar-refractivity contribution in [3.05, 3.63) is 22.7 Å². The smallest absolute Gasteiger partial charge is 0.178 e. The van der Waals surface area contributed by atoms with Crippen LogP contribution in [0.25, 0.3) is 0 Å². The number of rotatable bonds is 2. The summed E-state index contributed by atoms with van der Waals surface area (Å²) in [7, 11) is 0. The minimum absolute atomic E-state index is 0.0362. The molecule has 0 aromatic rings. The fraction of sp³-hybridized carbons (Fsp3) is 0.375. The van der Waals surface area contributed by atoms with Crippen molar-refractivity contribution in [1.82, 2.24) is 0 Å². The Labute approximate surface area is 80.5 Å². The maximum atomic E-state index is 11.0. The summed E-state index contributed by atoms with van der Waals surface area (Å²) >= 11 is 11.2. The highest BCUT2D eigenvalue weighted by Gasteiger charge is 2.41. The Morgan fingerprint density at radius 1 is 1.67 bits per heavy atom. The van der Waals surface area contributed by atoms with Crippen LogP contribution in [-0.4, -0.2) is 16.5 Å². The Kier molecular flexibility index (Phi) is 2.61. The molecular weight excluding hydrogens is 199 g/mol. The number of aliphatic hydroxyl groups is 1. The van der Waals surface area contributed by atoms with E-state index in [4.69, 9.17) is 23.2 Å². The van der Waals surface area contributed by atoms with Crippen molar-refractivity contribution in [2.24, 2.45) is 0 Å². The SMILES string of the molecule is C=CC[C@]1(O)CC(=O)C(Cl)=C1Cl. The van der Waals surface area contributed by atoms with E-state index in [1.165, 1.54) is 6.08 Å².